The first kappa shape index (κ1) is 14.4. The van der Waals surface area contributed by atoms with Crippen molar-refractivity contribution in [3.05, 3.63) is 70.4 Å². The standard InChI is InChI=1S/C18H19N3O/c1-13(2)11-16-20-17-15(9-6-10-19-17)18(22)21(16)12-14-7-4-3-5-8-14/h3-10,13H,11-12H2,1-2H3. The number of rotatable bonds is 4. The average Bonchev–Trinajstić information content (AvgIpc) is 2.52. The van der Waals surface area contributed by atoms with Gasteiger partial charge in [0.1, 0.15) is 5.82 Å². The van der Waals surface area contributed by atoms with Crippen molar-refractivity contribution in [3.8, 4) is 0 Å². The maximum absolute atomic E-state index is 12.8. The predicted octanol–water partition coefficient (Wildman–Crippen LogP) is 3.04. The Labute approximate surface area is 129 Å². The maximum Gasteiger partial charge on any atom is 0.263 e. The van der Waals surface area contributed by atoms with Crippen molar-refractivity contribution < 1.29 is 0 Å². The molecule has 0 atom stereocenters. The molecule has 0 fully saturated rings. The summed E-state index contributed by atoms with van der Waals surface area (Å²) >= 11 is 0. The summed E-state index contributed by atoms with van der Waals surface area (Å²) < 4.78 is 1.78. The third-order valence-electron chi connectivity index (χ3n) is 3.58. The van der Waals surface area contributed by atoms with Gasteiger partial charge in [-0.05, 0) is 23.6 Å². The molecule has 0 N–H and O–H groups in total. The quantitative estimate of drug-likeness (QED) is 0.743. The third kappa shape index (κ3) is 2.91. The molecule has 1 aromatic carbocycles. The van der Waals surface area contributed by atoms with Crippen LogP contribution in [0.3, 0.4) is 0 Å². The van der Waals surface area contributed by atoms with Gasteiger partial charge in [-0.15, -0.1) is 0 Å². The fraction of sp³-hybridized carbons (Fsp3) is 0.278. The lowest BCUT2D eigenvalue weighted by Crippen LogP contribution is -2.27. The molecule has 0 aliphatic carbocycles. The summed E-state index contributed by atoms with van der Waals surface area (Å²) in [7, 11) is 0. The molecule has 22 heavy (non-hydrogen) atoms. The van der Waals surface area contributed by atoms with Gasteiger partial charge < -0.3 is 0 Å². The van der Waals surface area contributed by atoms with Gasteiger partial charge in [-0.3, -0.25) is 9.36 Å². The Morgan fingerprint density at radius 2 is 1.86 bits per heavy atom. The molecule has 2 aromatic heterocycles. The van der Waals surface area contributed by atoms with Crippen molar-refractivity contribution in [2.75, 3.05) is 0 Å². The van der Waals surface area contributed by atoms with Crippen LogP contribution >= 0.6 is 0 Å². The van der Waals surface area contributed by atoms with Crippen LogP contribution < -0.4 is 5.56 Å². The molecule has 0 aliphatic rings. The van der Waals surface area contributed by atoms with Crippen molar-refractivity contribution in [1.82, 2.24) is 14.5 Å². The first-order valence-corrected chi connectivity index (χ1v) is 7.53. The highest BCUT2D eigenvalue weighted by Crippen LogP contribution is 2.11. The number of nitrogens with zero attached hydrogens (tertiary/aromatic N) is 3. The SMILES string of the molecule is CC(C)Cc1nc2ncccc2c(=O)n1Cc1ccccc1. The molecule has 0 bridgehead atoms. The Balaban J connectivity index is 2.16. The van der Waals surface area contributed by atoms with E-state index >= 15 is 0 Å². The second-order valence-corrected chi connectivity index (χ2v) is 5.88. The summed E-state index contributed by atoms with van der Waals surface area (Å²) in [6.45, 7) is 4.79. The minimum atomic E-state index is -0.0161. The van der Waals surface area contributed by atoms with Gasteiger partial charge in [0, 0.05) is 12.6 Å². The van der Waals surface area contributed by atoms with E-state index in [0.717, 1.165) is 17.8 Å². The van der Waals surface area contributed by atoms with E-state index in [2.05, 4.69) is 23.8 Å². The van der Waals surface area contributed by atoms with Crippen LogP contribution in [0.1, 0.15) is 25.2 Å². The van der Waals surface area contributed by atoms with E-state index in [-0.39, 0.29) is 5.56 Å². The van der Waals surface area contributed by atoms with E-state index in [1.165, 1.54) is 0 Å². The topological polar surface area (TPSA) is 47.8 Å². The van der Waals surface area contributed by atoms with Crippen LogP contribution in [-0.4, -0.2) is 14.5 Å². The van der Waals surface area contributed by atoms with Gasteiger partial charge in [0.15, 0.2) is 5.65 Å². The second-order valence-electron chi connectivity index (χ2n) is 5.88. The average molecular weight is 293 g/mol. The molecule has 4 heteroatoms. The van der Waals surface area contributed by atoms with Gasteiger partial charge in [0.05, 0.1) is 11.9 Å². The number of hydrogen-bond donors (Lipinski definition) is 0. The zero-order chi connectivity index (χ0) is 15.5. The van der Waals surface area contributed by atoms with Crippen LogP contribution in [-0.2, 0) is 13.0 Å². The molecule has 0 spiro atoms. The van der Waals surface area contributed by atoms with Crippen LogP contribution in [0.25, 0.3) is 11.0 Å². The number of fused-ring (bicyclic) bond motifs is 1. The molecule has 112 valence electrons. The largest absolute Gasteiger partial charge is 0.292 e. The summed E-state index contributed by atoms with van der Waals surface area (Å²) in [6.07, 6.45) is 2.43. The van der Waals surface area contributed by atoms with Crippen LogP contribution in [0.2, 0.25) is 0 Å². The van der Waals surface area contributed by atoms with E-state index < -0.39 is 0 Å². The minimum absolute atomic E-state index is 0.0161. The Hall–Kier alpha value is -2.49. The first-order valence-electron chi connectivity index (χ1n) is 7.53. The first-order chi connectivity index (χ1) is 10.6. The fourth-order valence-corrected chi connectivity index (χ4v) is 2.55. The lowest BCUT2D eigenvalue weighted by atomic mass is 10.1. The predicted molar refractivity (Wildman–Crippen MR) is 87.9 cm³/mol. The van der Waals surface area contributed by atoms with Crippen LogP contribution in [0.15, 0.2) is 53.5 Å². The normalized spacial score (nSPS) is 11.2. The summed E-state index contributed by atoms with van der Waals surface area (Å²) in [5.41, 5.74) is 1.62. The molecule has 0 radical (unpaired) electrons. The van der Waals surface area contributed by atoms with E-state index in [1.54, 1.807) is 22.9 Å². The molecule has 0 saturated heterocycles. The summed E-state index contributed by atoms with van der Waals surface area (Å²) in [5.74, 6) is 1.23. The molecule has 3 aromatic rings. The summed E-state index contributed by atoms with van der Waals surface area (Å²) in [4.78, 5) is 21.7. The Morgan fingerprint density at radius 1 is 1.09 bits per heavy atom. The zero-order valence-corrected chi connectivity index (χ0v) is 12.9. The highest BCUT2D eigenvalue weighted by Gasteiger charge is 2.13. The van der Waals surface area contributed by atoms with Gasteiger partial charge in [0.25, 0.3) is 5.56 Å². The highest BCUT2D eigenvalue weighted by atomic mass is 16.1. The van der Waals surface area contributed by atoms with Gasteiger partial charge in [-0.25, -0.2) is 9.97 Å². The van der Waals surface area contributed by atoms with Crippen LogP contribution in [0.4, 0.5) is 0 Å². The van der Waals surface area contributed by atoms with Crippen LogP contribution in [0, 0.1) is 5.92 Å². The lowest BCUT2D eigenvalue weighted by Gasteiger charge is -2.14. The second kappa shape index (κ2) is 6.10. The van der Waals surface area contributed by atoms with E-state index in [9.17, 15) is 4.79 Å². The summed E-state index contributed by atoms with van der Waals surface area (Å²) in [5, 5.41) is 0.575. The Bertz CT molecular complexity index is 838. The van der Waals surface area contributed by atoms with E-state index in [1.807, 2.05) is 30.3 Å². The zero-order valence-electron chi connectivity index (χ0n) is 12.9. The summed E-state index contributed by atoms with van der Waals surface area (Å²) in [6, 6.07) is 13.6. The van der Waals surface area contributed by atoms with Crippen molar-refractivity contribution in [2.24, 2.45) is 5.92 Å². The molecule has 0 unspecified atom stereocenters. The molecule has 3 rings (SSSR count). The van der Waals surface area contributed by atoms with E-state index in [0.29, 0.717) is 23.5 Å². The van der Waals surface area contributed by atoms with Gasteiger partial charge in [-0.2, -0.15) is 0 Å². The lowest BCUT2D eigenvalue weighted by molar-refractivity contribution is 0.573. The van der Waals surface area contributed by atoms with Crippen LogP contribution in [0.5, 0.6) is 0 Å². The molecule has 0 saturated carbocycles. The monoisotopic (exact) mass is 293 g/mol. The molecule has 2 heterocycles. The minimum Gasteiger partial charge on any atom is -0.292 e. The van der Waals surface area contributed by atoms with Gasteiger partial charge in [0.2, 0.25) is 0 Å². The smallest absolute Gasteiger partial charge is 0.263 e. The highest BCUT2D eigenvalue weighted by molar-refractivity contribution is 5.72. The molecular formula is C18H19N3O. The van der Waals surface area contributed by atoms with Crippen molar-refractivity contribution in [2.45, 2.75) is 26.8 Å². The van der Waals surface area contributed by atoms with Crippen molar-refractivity contribution in [3.63, 3.8) is 0 Å². The molecule has 0 aliphatic heterocycles. The maximum atomic E-state index is 12.8. The fourth-order valence-electron chi connectivity index (χ4n) is 2.55. The molecular weight excluding hydrogens is 274 g/mol. The Kier molecular flexibility index (Phi) is 4.00. The number of pyridine rings is 1. The number of hydrogen-bond acceptors (Lipinski definition) is 3. The van der Waals surface area contributed by atoms with Crippen molar-refractivity contribution in [1.29, 1.82) is 0 Å². The molecule has 4 nitrogen and oxygen atoms in total. The van der Waals surface area contributed by atoms with Gasteiger partial charge in [-0.1, -0.05) is 44.2 Å². The Morgan fingerprint density at radius 3 is 2.59 bits per heavy atom. The van der Waals surface area contributed by atoms with Gasteiger partial charge >= 0.3 is 0 Å². The molecule has 0 amide bonds. The number of benzene rings is 1. The third-order valence-corrected chi connectivity index (χ3v) is 3.58. The number of aromatic nitrogens is 3. The van der Waals surface area contributed by atoms with Crippen molar-refractivity contribution >= 4 is 11.0 Å². The van der Waals surface area contributed by atoms with E-state index in [4.69, 9.17) is 0 Å².